The summed E-state index contributed by atoms with van der Waals surface area (Å²) in [6, 6.07) is 13.0. The number of para-hydroxylation sites is 1. The van der Waals surface area contributed by atoms with Gasteiger partial charge in [-0.25, -0.2) is 0 Å². The van der Waals surface area contributed by atoms with Gasteiger partial charge in [0.05, 0.1) is 5.56 Å². The van der Waals surface area contributed by atoms with Crippen molar-refractivity contribution >= 4 is 0 Å². The summed E-state index contributed by atoms with van der Waals surface area (Å²) >= 11 is 0. The molecule has 1 heterocycles. The van der Waals surface area contributed by atoms with E-state index in [0.29, 0.717) is 0 Å². The lowest BCUT2D eigenvalue weighted by molar-refractivity contribution is -0.274. The van der Waals surface area contributed by atoms with Crippen LogP contribution in [0, 0.1) is 6.92 Å². The third kappa shape index (κ3) is 3.33. The topological polar surface area (TPSA) is 48.2 Å². The first-order valence-electron chi connectivity index (χ1n) is 6.69. The molecule has 0 spiro atoms. The van der Waals surface area contributed by atoms with Gasteiger partial charge in [-0.1, -0.05) is 35.5 Å². The van der Waals surface area contributed by atoms with Crippen molar-refractivity contribution in [3.63, 3.8) is 0 Å². The zero-order valence-corrected chi connectivity index (χ0v) is 12.0. The van der Waals surface area contributed by atoms with E-state index < -0.39 is 6.36 Å². The van der Waals surface area contributed by atoms with Gasteiger partial charge in [0, 0.05) is 5.56 Å². The number of aryl methyl sites for hydroxylation is 1. The van der Waals surface area contributed by atoms with Crippen molar-refractivity contribution in [2.75, 3.05) is 0 Å². The minimum Gasteiger partial charge on any atom is -0.405 e. The predicted molar refractivity (Wildman–Crippen MR) is 76.6 cm³/mol. The smallest absolute Gasteiger partial charge is 0.405 e. The Kier molecular flexibility index (Phi) is 3.77. The van der Waals surface area contributed by atoms with Gasteiger partial charge in [-0.05, 0) is 30.7 Å². The van der Waals surface area contributed by atoms with Crippen LogP contribution in [-0.4, -0.2) is 16.5 Å². The standard InChI is InChI=1S/C16H11F3N2O2/c1-10-6-2-3-7-11(10)15-20-14(21-23-15)12-8-4-5-9-13(12)22-16(17,18)19/h2-9H,1H3. The van der Waals surface area contributed by atoms with E-state index in [1.807, 2.05) is 25.1 Å². The zero-order chi connectivity index (χ0) is 16.4. The van der Waals surface area contributed by atoms with E-state index in [-0.39, 0.29) is 23.0 Å². The Labute approximate surface area is 129 Å². The Morgan fingerprint density at radius 2 is 1.61 bits per heavy atom. The summed E-state index contributed by atoms with van der Waals surface area (Å²) in [6.45, 7) is 1.87. The number of aromatic nitrogens is 2. The molecule has 0 aliphatic carbocycles. The molecule has 23 heavy (non-hydrogen) atoms. The highest BCUT2D eigenvalue weighted by atomic mass is 19.4. The highest BCUT2D eigenvalue weighted by Gasteiger charge is 2.32. The van der Waals surface area contributed by atoms with Crippen LogP contribution in [0.15, 0.2) is 53.1 Å². The van der Waals surface area contributed by atoms with Gasteiger partial charge in [0.15, 0.2) is 0 Å². The molecule has 7 heteroatoms. The first-order valence-corrected chi connectivity index (χ1v) is 6.69. The van der Waals surface area contributed by atoms with Crippen molar-refractivity contribution in [3.8, 4) is 28.6 Å². The van der Waals surface area contributed by atoms with Crippen LogP contribution in [0.3, 0.4) is 0 Å². The maximum Gasteiger partial charge on any atom is 0.573 e. The second-order valence-corrected chi connectivity index (χ2v) is 4.78. The molecule has 0 fully saturated rings. The zero-order valence-electron chi connectivity index (χ0n) is 12.0. The molecule has 3 aromatic rings. The summed E-state index contributed by atoms with van der Waals surface area (Å²) in [5.74, 6) is -0.111. The fourth-order valence-corrected chi connectivity index (χ4v) is 2.12. The number of hydrogen-bond acceptors (Lipinski definition) is 4. The lowest BCUT2D eigenvalue weighted by Gasteiger charge is -2.10. The second-order valence-electron chi connectivity index (χ2n) is 4.78. The fourth-order valence-electron chi connectivity index (χ4n) is 2.12. The van der Waals surface area contributed by atoms with Gasteiger partial charge in [-0.3, -0.25) is 0 Å². The van der Waals surface area contributed by atoms with E-state index >= 15 is 0 Å². The normalized spacial score (nSPS) is 11.5. The molecule has 4 nitrogen and oxygen atoms in total. The Hall–Kier alpha value is -2.83. The Morgan fingerprint density at radius 3 is 2.30 bits per heavy atom. The summed E-state index contributed by atoms with van der Waals surface area (Å²) in [5.41, 5.74) is 1.75. The molecule has 0 aliphatic heterocycles. The quantitative estimate of drug-likeness (QED) is 0.707. The largest absolute Gasteiger partial charge is 0.573 e. The number of halogens is 3. The molecular formula is C16H11F3N2O2. The van der Waals surface area contributed by atoms with Gasteiger partial charge in [0.2, 0.25) is 5.82 Å². The fraction of sp³-hybridized carbons (Fsp3) is 0.125. The monoisotopic (exact) mass is 320 g/mol. The van der Waals surface area contributed by atoms with Crippen molar-refractivity contribution in [1.82, 2.24) is 10.1 Å². The van der Waals surface area contributed by atoms with Crippen molar-refractivity contribution in [2.24, 2.45) is 0 Å². The molecule has 0 bridgehead atoms. The molecule has 0 saturated carbocycles. The minimum absolute atomic E-state index is 0.0307. The molecule has 0 amide bonds. The summed E-state index contributed by atoms with van der Waals surface area (Å²) < 4.78 is 46.6. The van der Waals surface area contributed by atoms with Crippen LogP contribution in [-0.2, 0) is 0 Å². The van der Waals surface area contributed by atoms with E-state index in [1.54, 1.807) is 12.1 Å². The average molecular weight is 320 g/mol. The van der Waals surface area contributed by atoms with E-state index in [9.17, 15) is 13.2 Å². The highest BCUT2D eigenvalue weighted by Crippen LogP contribution is 2.33. The third-order valence-corrected chi connectivity index (χ3v) is 3.16. The molecule has 118 valence electrons. The van der Waals surface area contributed by atoms with Crippen molar-refractivity contribution in [1.29, 1.82) is 0 Å². The van der Waals surface area contributed by atoms with Gasteiger partial charge in [-0.15, -0.1) is 13.2 Å². The van der Waals surface area contributed by atoms with Crippen LogP contribution in [0.1, 0.15) is 5.56 Å². The molecule has 0 saturated heterocycles. The molecule has 3 rings (SSSR count). The number of benzene rings is 2. The highest BCUT2D eigenvalue weighted by molar-refractivity contribution is 5.66. The lowest BCUT2D eigenvalue weighted by Crippen LogP contribution is -2.17. The Bertz CT molecular complexity index is 828. The van der Waals surface area contributed by atoms with Crippen molar-refractivity contribution in [2.45, 2.75) is 13.3 Å². The van der Waals surface area contributed by atoms with Crippen LogP contribution in [0.25, 0.3) is 22.8 Å². The van der Waals surface area contributed by atoms with Crippen LogP contribution >= 0.6 is 0 Å². The van der Waals surface area contributed by atoms with Crippen LogP contribution < -0.4 is 4.74 Å². The first-order chi connectivity index (χ1) is 10.9. The predicted octanol–water partition coefficient (Wildman–Crippen LogP) is 4.61. The maximum absolute atomic E-state index is 12.5. The van der Waals surface area contributed by atoms with E-state index in [0.717, 1.165) is 11.1 Å². The van der Waals surface area contributed by atoms with Crippen molar-refractivity contribution in [3.05, 3.63) is 54.1 Å². The van der Waals surface area contributed by atoms with Gasteiger partial charge in [-0.2, -0.15) is 4.98 Å². The molecular weight excluding hydrogens is 309 g/mol. The molecule has 0 aliphatic rings. The van der Waals surface area contributed by atoms with Crippen LogP contribution in [0.2, 0.25) is 0 Å². The first kappa shape index (κ1) is 15.1. The number of ether oxygens (including phenoxy) is 1. The minimum atomic E-state index is -4.79. The molecule has 0 radical (unpaired) electrons. The Morgan fingerprint density at radius 1 is 0.957 bits per heavy atom. The average Bonchev–Trinajstić information content (AvgIpc) is 2.96. The van der Waals surface area contributed by atoms with Gasteiger partial charge >= 0.3 is 6.36 Å². The van der Waals surface area contributed by atoms with Gasteiger partial charge < -0.3 is 9.26 Å². The van der Waals surface area contributed by atoms with E-state index in [2.05, 4.69) is 14.9 Å². The van der Waals surface area contributed by atoms with E-state index in [4.69, 9.17) is 4.52 Å². The lowest BCUT2D eigenvalue weighted by atomic mass is 10.1. The SMILES string of the molecule is Cc1ccccc1-c1nc(-c2ccccc2OC(F)(F)F)no1. The number of nitrogens with zero attached hydrogens (tertiary/aromatic N) is 2. The molecule has 2 aromatic carbocycles. The second kappa shape index (κ2) is 5.75. The third-order valence-electron chi connectivity index (χ3n) is 3.16. The maximum atomic E-state index is 12.5. The van der Waals surface area contributed by atoms with Gasteiger partial charge in [0.25, 0.3) is 5.89 Å². The van der Waals surface area contributed by atoms with E-state index in [1.165, 1.54) is 18.2 Å². The summed E-state index contributed by atoms with van der Waals surface area (Å²) in [4.78, 5) is 4.18. The number of alkyl halides is 3. The number of rotatable bonds is 3. The molecule has 0 unspecified atom stereocenters. The van der Waals surface area contributed by atoms with Crippen molar-refractivity contribution < 1.29 is 22.4 Å². The summed E-state index contributed by atoms with van der Waals surface area (Å²) in [6.07, 6.45) is -4.79. The summed E-state index contributed by atoms with van der Waals surface area (Å²) in [5, 5.41) is 3.76. The molecule has 0 atom stereocenters. The van der Waals surface area contributed by atoms with Crippen LogP contribution in [0.5, 0.6) is 5.75 Å². The number of hydrogen-bond donors (Lipinski definition) is 0. The molecule has 1 aromatic heterocycles. The Balaban J connectivity index is 2.00. The summed E-state index contributed by atoms with van der Waals surface area (Å²) in [7, 11) is 0. The molecule has 0 N–H and O–H groups in total. The van der Waals surface area contributed by atoms with Crippen LogP contribution in [0.4, 0.5) is 13.2 Å². The van der Waals surface area contributed by atoms with Gasteiger partial charge in [0.1, 0.15) is 5.75 Å².